The molecule has 3 saturated heterocycles. The van der Waals surface area contributed by atoms with E-state index >= 15 is 0 Å². The fraction of sp³-hybridized carbons (Fsp3) is 0.405. The van der Waals surface area contributed by atoms with Crippen LogP contribution in [0.3, 0.4) is 0 Å². The molecule has 4 fully saturated rings. The standard InChI is InChI=1S/C42H43Cl2F2N3O7/c1-52-31-7-3-5-29(17-31)39(41(51)55-38-23-49-14-12-27(38)13-15-49)48-20-26-4-2-6-30(16-26)40(50)54-36(19-32-33(43)21-47-22-34(32)44)28-10-11-35(56-42(45)46)37(18-28)53-24-25-8-9-25/h2-7,10-11,16-18,21-22,25,27,36,38-39,42,48H,8-9,12-15,19-20,23-24H2,1H3/t36-,38-,39?/m0/s1. The zero-order chi connectivity index (χ0) is 39.2. The van der Waals surface area contributed by atoms with E-state index in [-0.39, 0.29) is 52.1 Å². The lowest BCUT2D eigenvalue weighted by molar-refractivity contribution is -0.161. The fourth-order valence-electron chi connectivity index (χ4n) is 7.21. The minimum atomic E-state index is -3.06. The Morgan fingerprint density at radius 2 is 1.70 bits per heavy atom. The van der Waals surface area contributed by atoms with Crippen molar-refractivity contribution >= 4 is 35.1 Å². The van der Waals surface area contributed by atoms with Gasteiger partial charge < -0.3 is 23.7 Å². The lowest BCUT2D eigenvalue weighted by Crippen LogP contribution is -2.52. The summed E-state index contributed by atoms with van der Waals surface area (Å²) in [6.07, 6.45) is 5.79. The van der Waals surface area contributed by atoms with Crippen LogP contribution >= 0.6 is 23.2 Å². The maximum atomic E-state index is 13.9. The average Bonchev–Trinajstić information content (AvgIpc) is 4.04. The molecule has 4 heterocycles. The van der Waals surface area contributed by atoms with Gasteiger partial charge in [0.15, 0.2) is 11.5 Å². The molecule has 0 radical (unpaired) electrons. The summed E-state index contributed by atoms with van der Waals surface area (Å²) in [6, 6.07) is 17.8. The van der Waals surface area contributed by atoms with E-state index in [1.807, 2.05) is 24.3 Å². The first-order valence-corrected chi connectivity index (χ1v) is 19.5. The zero-order valence-electron chi connectivity index (χ0n) is 30.8. The predicted molar refractivity (Wildman–Crippen MR) is 205 cm³/mol. The van der Waals surface area contributed by atoms with Gasteiger partial charge in [0.05, 0.1) is 29.3 Å². The number of ether oxygens (including phenoxy) is 5. The molecule has 0 amide bonds. The van der Waals surface area contributed by atoms with E-state index in [1.54, 1.807) is 31.4 Å². The molecule has 1 aliphatic carbocycles. The fourth-order valence-corrected chi connectivity index (χ4v) is 7.73. The molecular formula is C42H43Cl2F2N3O7. The van der Waals surface area contributed by atoms with E-state index in [1.165, 1.54) is 30.6 Å². The van der Waals surface area contributed by atoms with Gasteiger partial charge in [-0.05, 0) is 109 Å². The number of fused-ring (bicyclic) bond motifs is 3. The van der Waals surface area contributed by atoms with Crippen molar-refractivity contribution in [1.29, 1.82) is 0 Å². The zero-order valence-corrected chi connectivity index (χ0v) is 32.3. The third kappa shape index (κ3) is 10.1. The molecule has 1 aromatic heterocycles. The van der Waals surface area contributed by atoms with Gasteiger partial charge in [0, 0.05) is 31.9 Å². The number of halogens is 4. The molecule has 10 nitrogen and oxygen atoms in total. The third-order valence-electron chi connectivity index (χ3n) is 10.5. The summed E-state index contributed by atoms with van der Waals surface area (Å²) >= 11 is 13.0. The molecule has 296 valence electrons. The van der Waals surface area contributed by atoms with Crippen LogP contribution in [-0.4, -0.2) is 67.9 Å². The van der Waals surface area contributed by atoms with Crippen molar-refractivity contribution in [2.45, 2.75) is 63.5 Å². The lowest BCUT2D eigenvalue weighted by atomic mass is 9.86. The number of benzene rings is 3. The number of nitrogens with one attached hydrogen (secondary N) is 1. The number of piperidine rings is 3. The Bertz CT molecular complexity index is 1990. The molecule has 3 aromatic carbocycles. The molecule has 56 heavy (non-hydrogen) atoms. The molecule has 0 spiro atoms. The maximum absolute atomic E-state index is 13.9. The Kier molecular flexibility index (Phi) is 12.9. The quantitative estimate of drug-likeness (QED) is 0.105. The summed E-state index contributed by atoms with van der Waals surface area (Å²) in [4.78, 5) is 34.1. The molecule has 3 aliphatic heterocycles. The Labute approximate surface area is 334 Å². The van der Waals surface area contributed by atoms with Crippen molar-refractivity contribution in [3.63, 3.8) is 0 Å². The summed E-state index contributed by atoms with van der Waals surface area (Å²) in [5.74, 6) is 0.230. The van der Waals surface area contributed by atoms with E-state index in [0.717, 1.165) is 45.3 Å². The van der Waals surface area contributed by atoms with Gasteiger partial charge in [-0.2, -0.15) is 8.78 Å². The minimum Gasteiger partial charge on any atom is -0.497 e. The average molecular weight is 811 g/mol. The van der Waals surface area contributed by atoms with Crippen LogP contribution in [0.2, 0.25) is 10.0 Å². The Balaban J connectivity index is 1.11. The maximum Gasteiger partial charge on any atom is 0.387 e. The van der Waals surface area contributed by atoms with Gasteiger partial charge in [0.2, 0.25) is 0 Å². The van der Waals surface area contributed by atoms with Gasteiger partial charge in [0.25, 0.3) is 0 Å². The number of methoxy groups -OCH3 is 1. The van der Waals surface area contributed by atoms with Gasteiger partial charge >= 0.3 is 18.6 Å². The Morgan fingerprint density at radius 1 is 0.929 bits per heavy atom. The number of pyridine rings is 1. The van der Waals surface area contributed by atoms with Crippen LogP contribution < -0.4 is 19.5 Å². The SMILES string of the molecule is COc1cccc(C(NCc2cccc(C(=O)O[C@@H](Cc3c(Cl)cncc3Cl)c3ccc(OC(F)F)c(OCC4CC4)c3)c2)C(=O)O[C@H]2CN3CCC2CC3)c1. The Hall–Kier alpha value is -4.49. The number of alkyl halides is 2. The molecule has 3 atom stereocenters. The van der Waals surface area contributed by atoms with Crippen molar-refractivity contribution in [1.82, 2.24) is 15.2 Å². The second-order valence-corrected chi connectivity index (χ2v) is 15.2. The first-order chi connectivity index (χ1) is 27.1. The van der Waals surface area contributed by atoms with Crippen LogP contribution in [0.15, 0.2) is 79.1 Å². The van der Waals surface area contributed by atoms with Crippen LogP contribution in [0.5, 0.6) is 17.2 Å². The predicted octanol–water partition coefficient (Wildman–Crippen LogP) is 8.40. The molecule has 2 bridgehead atoms. The van der Waals surface area contributed by atoms with E-state index in [2.05, 4.69) is 15.2 Å². The third-order valence-corrected chi connectivity index (χ3v) is 11.2. The number of esters is 2. The number of hydrogen-bond acceptors (Lipinski definition) is 10. The first-order valence-electron chi connectivity index (χ1n) is 18.7. The van der Waals surface area contributed by atoms with Crippen molar-refractivity contribution < 1.29 is 42.1 Å². The number of carbonyl (C=O) groups is 2. The monoisotopic (exact) mass is 809 g/mol. The lowest BCUT2D eigenvalue weighted by Gasteiger charge is -2.44. The van der Waals surface area contributed by atoms with Crippen molar-refractivity contribution in [3.05, 3.63) is 117 Å². The van der Waals surface area contributed by atoms with Gasteiger partial charge in [-0.1, -0.05) is 53.5 Å². The summed E-state index contributed by atoms with van der Waals surface area (Å²) in [6.45, 7) is 0.285. The van der Waals surface area contributed by atoms with Gasteiger partial charge in [-0.3, -0.25) is 15.2 Å². The van der Waals surface area contributed by atoms with Crippen LogP contribution in [0, 0.1) is 11.8 Å². The summed E-state index contributed by atoms with van der Waals surface area (Å²) < 4.78 is 55.0. The molecule has 1 saturated carbocycles. The molecule has 1 unspecified atom stereocenters. The van der Waals surface area contributed by atoms with E-state index in [4.69, 9.17) is 46.9 Å². The number of rotatable bonds is 17. The van der Waals surface area contributed by atoms with E-state index < -0.39 is 24.7 Å². The van der Waals surface area contributed by atoms with Crippen LogP contribution in [0.25, 0.3) is 0 Å². The number of hydrogen-bond donors (Lipinski definition) is 1. The topological polar surface area (TPSA) is 108 Å². The molecule has 8 rings (SSSR count). The number of carbonyl (C=O) groups excluding carboxylic acids is 2. The summed E-state index contributed by atoms with van der Waals surface area (Å²) in [5, 5.41) is 3.89. The van der Waals surface area contributed by atoms with E-state index in [9.17, 15) is 18.4 Å². The largest absolute Gasteiger partial charge is 0.497 e. The van der Waals surface area contributed by atoms with Crippen LogP contribution in [0.1, 0.15) is 70.4 Å². The molecular weight excluding hydrogens is 767 g/mol. The molecule has 4 aromatic rings. The van der Waals surface area contributed by atoms with Crippen LogP contribution in [0.4, 0.5) is 8.78 Å². The van der Waals surface area contributed by atoms with Crippen LogP contribution in [-0.2, 0) is 27.2 Å². The Morgan fingerprint density at radius 3 is 2.39 bits per heavy atom. The highest BCUT2D eigenvalue weighted by molar-refractivity contribution is 6.35. The van der Waals surface area contributed by atoms with Gasteiger partial charge in [-0.25, -0.2) is 9.59 Å². The van der Waals surface area contributed by atoms with Gasteiger partial charge in [-0.15, -0.1) is 0 Å². The number of aromatic nitrogens is 1. The normalized spacial score (nSPS) is 19.9. The van der Waals surface area contributed by atoms with Gasteiger partial charge in [0.1, 0.15) is 24.0 Å². The smallest absolute Gasteiger partial charge is 0.387 e. The first kappa shape index (κ1) is 39.7. The molecule has 14 heteroatoms. The molecule has 1 N–H and O–H groups in total. The van der Waals surface area contributed by atoms with Crippen molar-refractivity contribution in [3.8, 4) is 17.2 Å². The summed E-state index contributed by atoms with van der Waals surface area (Å²) in [7, 11) is 1.57. The van der Waals surface area contributed by atoms with Crippen molar-refractivity contribution in [2.24, 2.45) is 11.8 Å². The summed E-state index contributed by atoms with van der Waals surface area (Å²) in [5.41, 5.74) is 2.59. The van der Waals surface area contributed by atoms with Crippen molar-refractivity contribution in [2.75, 3.05) is 33.4 Å². The highest BCUT2D eigenvalue weighted by Gasteiger charge is 2.38. The highest BCUT2D eigenvalue weighted by Crippen LogP contribution is 2.38. The number of nitrogens with zero attached hydrogens (tertiary/aromatic N) is 2. The highest BCUT2D eigenvalue weighted by atomic mass is 35.5. The molecule has 4 aliphatic rings. The minimum absolute atomic E-state index is 0.0498. The second kappa shape index (κ2) is 18.2. The second-order valence-electron chi connectivity index (χ2n) is 14.4. The van der Waals surface area contributed by atoms with E-state index in [0.29, 0.717) is 46.4 Å².